The molecule has 1 nitrogen and oxygen atoms in total. The van der Waals surface area contributed by atoms with Gasteiger partial charge in [-0.15, -0.1) is 0 Å². The first-order valence-corrected chi connectivity index (χ1v) is 3.51. The minimum absolute atomic E-state index is 0.103. The molecule has 0 unspecified atom stereocenters. The van der Waals surface area contributed by atoms with Crippen LogP contribution >= 0.6 is 0 Å². The number of hydrogen-bond donors (Lipinski definition) is 1. The minimum Gasteiger partial charge on any atom is -0.326 e. The summed E-state index contributed by atoms with van der Waals surface area (Å²) < 4.78 is 49.1. The van der Waals surface area contributed by atoms with Crippen LogP contribution in [0.3, 0.4) is 0 Å². The zero-order valence-corrected chi connectivity index (χ0v) is 6.53. The van der Waals surface area contributed by atoms with Gasteiger partial charge in [0.1, 0.15) is 5.82 Å². The van der Waals surface area contributed by atoms with Gasteiger partial charge >= 0.3 is 6.18 Å². The number of rotatable bonds is 1. The third kappa shape index (κ3) is 2.18. The lowest BCUT2D eigenvalue weighted by atomic mass is 10.1. The Morgan fingerprint density at radius 1 is 1.23 bits per heavy atom. The van der Waals surface area contributed by atoms with E-state index in [2.05, 4.69) is 0 Å². The number of nitrogens with two attached hydrogens (primary N) is 1. The normalized spacial score (nSPS) is 11.8. The van der Waals surface area contributed by atoms with Crippen LogP contribution in [0.25, 0.3) is 0 Å². The van der Waals surface area contributed by atoms with Crippen LogP contribution in [0.5, 0.6) is 0 Å². The Labute approximate surface area is 72.2 Å². The Morgan fingerprint density at radius 2 is 1.85 bits per heavy atom. The maximum absolute atomic E-state index is 12.5. The molecular formula is C8H7F4N. The maximum Gasteiger partial charge on any atom is 0.416 e. The largest absolute Gasteiger partial charge is 0.416 e. The topological polar surface area (TPSA) is 26.0 Å². The summed E-state index contributed by atoms with van der Waals surface area (Å²) in [6, 6.07) is 2.44. The highest BCUT2D eigenvalue weighted by Crippen LogP contribution is 2.32. The molecule has 0 heterocycles. The van der Waals surface area contributed by atoms with Crippen LogP contribution in [0.4, 0.5) is 17.6 Å². The predicted molar refractivity (Wildman–Crippen MR) is 39.3 cm³/mol. The van der Waals surface area contributed by atoms with E-state index in [0.29, 0.717) is 6.07 Å². The molecule has 0 bridgehead atoms. The predicted octanol–water partition coefficient (Wildman–Crippen LogP) is 2.30. The molecule has 0 aliphatic rings. The SMILES string of the molecule is NCc1ccc(F)cc1C(F)(F)F. The number of benzene rings is 1. The Balaban J connectivity index is 3.24. The molecule has 0 spiro atoms. The fourth-order valence-corrected chi connectivity index (χ4v) is 0.991. The second kappa shape index (κ2) is 3.33. The molecule has 0 radical (unpaired) electrons. The number of hydrogen-bond acceptors (Lipinski definition) is 1. The van der Waals surface area contributed by atoms with Gasteiger partial charge in [0.05, 0.1) is 5.56 Å². The molecule has 0 fully saturated rings. The van der Waals surface area contributed by atoms with Crippen LogP contribution in [0.1, 0.15) is 11.1 Å². The van der Waals surface area contributed by atoms with E-state index >= 15 is 0 Å². The summed E-state index contributed by atoms with van der Waals surface area (Å²) in [6.07, 6.45) is -4.54. The van der Waals surface area contributed by atoms with Crippen LogP contribution in [0, 0.1) is 5.82 Å². The molecule has 13 heavy (non-hydrogen) atoms. The van der Waals surface area contributed by atoms with Gasteiger partial charge in [-0.1, -0.05) is 6.07 Å². The zero-order chi connectivity index (χ0) is 10.1. The molecule has 0 aromatic heterocycles. The highest BCUT2D eigenvalue weighted by Gasteiger charge is 2.33. The zero-order valence-electron chi connectivity index (χ0n) is 6.53. The van der Waals surface area contributed by atoms with Crippen molar-refractivity contribution in [3.63, 3.8) is 0 Å². The quantitative estimate of drug-likeness (QED) is 0.680. The summed E-state index contributed by atoms with van der Waals surface area (Å²) in [7, 11) is 0. The molecule has 1 aromatic rings. The summed E-state index contributed by atoms with van der Waals surface area (Å²) in [5, 5.41) is 0. The first-order chi connectivity index (χ1) is 5.95. The van der Waals surface area contributed by atoms with E-state index in [1.54, 1.807) is 0 Å². The minimum atomic E-state index is -4.54. The third-order valence-electron chi connectivity index (χ3n) is 1.60. The van der Waals surface area contributed by atoms with E-state index < -0.39 is 17.6 Å². The lowest BCUT2D eigenvalue weighted by molar-refractivity contribution is -0.138. The summed E-state index contributed by atoms with van der Waals surface area (Å²) in [6.45, 7) is -0.255. The van der Waals surface area contributed by atoms with Crippen molar-refractivity contribution in [3.05, 3.63) is 35.1 Å². The van der Waals surface area contributed by atoms with Crippen molar-refractivity contribution in [2.75, 3.05) is 0 Å². The fourth-order valence-electron chi connectivity index (χ4n) is 0.991. The molecule has 0 amide bonds. The maximum atomic E-state index is 12.5. The molecule has 72 valence electrons. The smallest absolute Gasteiger partial charge is 0.326 e. The number of alkyl halides is 3. The van der Waals surface area contributed by atoms with E-state index in [-0.39, 0.29) is 12.1 Å². The van der Waals surface area contributed by atoms with Crippen LogP contribution in [0.2, 0.25) is 0 Å². The second-order valence-corrected chi connectivity index (χ2v) is 2.50. The Bertz CT molecular complexity index is 306. The Morgan fingerprint density at radius 3 is 2.31 bits per heavy atom. The monoisotopic (exact) mass is 193 g/mol. The van der Waals surface area contributed by atoms with Gasteiger partial charge in [0.15, 0.2) is 0 Å². The molecule has 5 heteroatoms. The highest BCUT2D eigenvalue weighted by atomic mass is 19.4. The van der Waals surface area contributed by atoms with Crippen molar-refractivity contribution in [1.82, 2.24) is 0 Å². The number of halogens is 4. The van der Waals surface area contributed by atoms with Crippen molar-refractivity contribution >= 4 is 0 Å². The molecule has 0 saturated heterocycles. The van der Waals surface area contributed by atoms with Gasteiger partial charge in [-0.05, 0) is 17.7 Å². The van der Waals surface area contributed by atoms with Gasteiger partial charge < -0.3 is 5.73 Å². The van der Waals surface area contributed by atoms with Crippen molar-refractivity contribution in [1.29, 1.82) is 0 Å². The average Bonchev–Trinajstić information content (AvgIpc) is 2.03. The summed E-state index contributed by atoms with van der Waals surface area (Å²) in [5.74, 6) is -0.912. The summed E-state index contributed by atoms with van der Waals surface area (Å²) in [4.78, 5) is 0. The second-order valence-electron chi connectivity index (χ2n) is 2.50. The third-order valence-corrected chi connectivity index (χ3v) is 1.60. The lowest BCUT2D eigenvalue weighted by Gasteiger charge is -2.10. The first-order valence-electron chi connectivity index (χ1n) is 3.51. The molecule has 1 rings (SSSR count). The van der Waals surface area contributed by atoms with Gasteiger partial charge in [-0.25, -0.2) is 4.39 Å². The standard InChI is InChI=1S/C8H7F4N/c9-6-2-1-5(4-13)7(3-6)8(10,11)12/h1-3H,4,13H2. The lowest BCUT2D eigenvalue weighted by Crippen LogP contribution is -2.12. The molecule has 0 atom stereocenters. The summed E-state index contributed by atoms with van der Waals surface area (Å²) >= 11 is 0. The summed E-state index contributed by atoms with van der Waals surface area (Å²) in [5.41, 5.74) is 3.97. The van der Waals surface area contributed by atoms with E-state index in [1.165, 1.54) is 0 Å². The van der Waals surface area contributed by atoms with E-state index in [1.807, 2.05) is 0 Å². The average molecular weight is 193 g/mol. The molecule has 1 aromatic carbocycles. The van der Waals surface area contributed by atoms with Crippen molar-refractivity contribution in [2.45, 2.75) is 12.7 Å². The Kier molecular flexibility index (Phi) is 2.56. The van der Waals surface area contributed by atoms with E-state index in [9.17, 15) is 17.6 Å². The van der Waals surface area contributed by atoms with Gasteiger partial charge in [-0.3, -0.25) is 0 Å². The molecule has 0 aliphatic heterocycles. The van der Waals surface area contributed by atoms with Crippen molar-refractivity contribution in [2.24, 2.45) is 5.73 Å². The van der Waals surface area contributed by atoms with Crippen molar-refractivity contribution < 1.29 is 17.6 Å². The van der Waals surface area contributed by atoms with Crippen LogP contribution in [-0.4, -0.2) is 0 Å². The molecule has 0 saturated carbocycles. The van der Waals surface area contributed by atoms with Crippen LogP contribution < -0.4 is 5.73 Å². The molecular weight excluding hydrogens is 186 g/mol. The van der Waals surface area contributed by atoms with Crippen molar-refractivity contribution in [3.8, 4) is 0 Å². The Hall–Kier alpha value is -1.10. The van der Waals surface area contributed by atoms with Gasteiger partial charge in [0.2, 0.25) is 0 Å². The van der Waals surface area contributed by atoms with E-state index in [0.717, 1.165) is 12.1 Å². The van der Waals surface area contributed by atoms with Crippen LogP contribution in [0.15, 0.2) is 18.2 Å². The van der Waals surface area contributed by atoms with E-state index in [4.69, 9.17) is 5.73 Å². The van der Waals surface area contributed by atoms with Gasteiger partial charge in [-0.2, -0.15) is 13.2 Å². The highest BCUT2D eigenvalue weighted by molar-refractivity contribution is 5.30. The molecule has 0 aliphatic carbocycles. The first kappa shape index (κ1) is 9.98. The fraction of sp³-hybridized carbons (Fsp3) is 0.250. The van der Waals surface area contributed by atoms with Gasteiger partial charge in [0, 0.05) is 6.54 Å². The molecule has 2 N–H and O–H groups in total. The van der Waals surface area contributed by atoms with Crippen LogP contribution in [-0.2, 0) is 12.7 Å². The van der Waals surface area contributed by atoms with Gasteiger partial charge in [0.25, 0.3) is 0 Å².